The molecule has 1 aliphatic rings. The van der Waals surface area contributed by atoms with Crippen molar-refractivity contribution in [1.82, 2.24) is 4.98 Å². The van der Waals surface area contributed by atoms with Crippen molar-refractivity contribution in [3.8, 4) is 11.5 Å². The highest BCUT2D eigenvalue weighted by Crippen LogP contribution is 2.39. The molecule has 4 rings (SSSR count). The second-order valence-corrected chi connectivity index (χ2v) is 9.56. The minimum Gasteiger partial charge on any atom is -0.493 e. The summed E-state index contributed by atoms with van der Waals surface area (Å²) in [5, 5.41) is 0.902. The molecule has 0 radical (unpaired) electrons. The summed E-state index contributed by atoms with van der Waals surface area (Å²) in [5.41, 5.74) is 1.89. The summed E-state index contributed by atoms with van der Waals surface area (Å²) >= 11 is 3.63. The van der Waals surface area contributed by atoms with E-state index in [1.54, 1.807) is 24.3 Å². The Hall–Kier alpha value is -2.73. The number of carbonyl (C=O) groups is 2. The van der Waals surface area contributed by atoms with Crippen LogP contribution in [0.2, 0.25) is 0 Å². The Bertz CT molecular complexity index is 1220. The SMILES string of the molecule is CCCCC(CC)COc1cc(Br)c2ccc(C3C(=O)c4cccc(OCC)c4C3=O)nc2c1. The highest BCUT2D eigenvalue weighted by atomic mass is 79.9. The normalized spacial score (nSPS) is 16.1. The number of aromatic nitrogens is 1. The first-order chi connectivity index (χ1) is 16.5. The van der Waals surface area contributed by atoms with Crippen LogP contribution in [0.15, 0.2) is 46.9 Å². The van der Waals surface area contributed by atoms with E-state index in [0.29, 0.717) is 47.2 Å². The molecule has 0 spiro atoms. The Labute approximate surface area is 209 Å². The summed E-state index contributed by atoms with van der Waals surface area (Å²) in [7, 11) is 0. The minimum atomic E-state index is -0.956. The lowest BCUT2D eigenvalue weighted by Gasteiger charge is -2.16. The van der Waals surface area contributed by atoms with Crippen molar-refractivity contribution in [2.75, 3.05) is 13.2 Å². The van der Waals surface area contributed by atoms with Gasteiger partial charge in [-0.2, -0.15) is 0 Å². The van der Waals surface area contributed by atoms with Gasteiger partial charge in [0.05, 0.1) is 30.0 Å². The van der Waals surface area contributed by atoms with Crippen molar-refractivity contribution in [2.45, 2.75) is 52.4 Å². The van der Waals surface area contributed by atoms with Crippen molar-refractivity contribution in [3.05, 3.63) is 63.8 Å². The van der Waals surface area contributed by atoms with Gasteiger partial charge in [0.1, 0.15) is 17.4 Å². The highest BCUT2D eigenvalue weighted by Gasteiger charge is 2.42. The maximum Gasteiger partial charge on any atom is 0.184 e. The number of ketones is 2. The minimum absolute atomic E-state index is 0.235. The van der Waals surface area contributed by atoms with Crippen LogP contribution in [0, 0.1) is 5.92 Å². The van der Waals surface area contributed by atoms with Gasteiger partial charge in [0, 0.05) is 21.5 Å². The van der Waals surface area contributed by atoms with E-state index in [2.05, 4.69) is 29.8 Å². The van der Waals surface area contributed by atoms with Gasteiger partial charge in [-0.25, -0.2) is 0 Å². The molecule has 34 heavy (non-hydrogen) atoms. The Balaban J connectivity index is 1.64. The zero-order chi connectivity index (χ0) is 24.2. The number of hydrogen-bond acceptors (Lipinski definition) is 5. The van der Waals surface area contributed by atoms with E-state index in [-0.39, 0.29) is 11.6 Å². The van der Waals surface area contributed by atoms with E-state index in [1.165, 1.54) is 12.8 Å². The monoisotopic (exact) mass is 523 g/mol. The van der Waals surface area contributed by atoms with Gasteiger partial charge in [0.2, 0.25) is 0 Å². The summed E-state index contributed by atoms with van der Waals surface area (Å²) in [6.45, 7) is 7.33. The number of Topliss-reactive ketones (excluding diaryl/α,β-unsaturated/α-hetero) is 2. The van der Waals surface area contributed by atoms with Crippen molar-refractivity contribution in [2.24, 2.45) is 5.92 Å². The van der Waals surface area contributed by atoms with Crippen LogP contribution in [0.1, 0.15) is 78.8 Å². The van der Waals surface area contributed by atoms with Crippen LogP contribution in [0.3, 0.4) is 0 Å². The molecule has 2 atom stereocenters. The number of hydrogen-bond donors (Lipinski definition) is 0. The Morgan fingerprint density at radius 1 is 1.03 bits per heavy atom. The smallest absolute Gasteiger partial charge is 0.184 e. The number of halogens is 1. The first-order valence-electron chi connectivity index (χ1n) is 12.1. The molecule has 1 aromatic heterocycles. The number of ether oxygens (including phenoxy) is 2. The maximum atomic E-state index is 13.3. The van der Waals surface area contributed by atoms with Gasteiger partial charge in [-0.1, -0.05) is 45.2 Å². The van der Waals surface area contributed by atoms with E-state index in [9.17, 15) is 9.59 Å². The van der Waals surface area contributed by atoms with Crippen LogP contribution in [0.4, 0.5) is 0 Å². The fourth-order valence-electron chi connectivity index (χ4n) is 4.49. The van der Waals surface area contributed by atoms with Crippen LogP contribution in [0.5, 0.6) is 11.5 Å². The van der Waals surface area contributed by atoms with Gasteiger partial charge >= 0.3 is 0 Å². The lowest BCUT2D eigenvalue weighted by Crippen LogP contribution is -2.15. The Morgan fingerprint density at radius 2 is 1.85 bits per heavy atom. The average Bonchev–Trinajstić information content (AvgIpc) is 3.09. The molecule has 3 aromatic rings. The van der Waals surface area contributed by atoms with E-state index < -0.39 is 5.92 Å². The largest absolute Gasteiger partial charge is 0.493 e. The first kappa shape index (κ1) is 24.4. The maximum absolute atomic E-state index is 13.3. The molecule has 0 bridgehead atoms. The van der Waals surface area contributed by atoms with Crippen LogP contribution in [-0.2, 0) is 0 Å². The number of benzene rings is 2. The molecule has 1 heterocycles. The lowest BCUT2D eigenvalue weighted by atomic mass is 9.98. The zero-order valence-corrected chi connectivity index (χ0v) is 21.5. The van der Waals surface area contributed by atoms with Crippen LogP contribution < -0.4 is 9.47 Å². The van der Waals surface area contributed by atoms with Gasteiger partial charge in [-0.3, -0.25) is 14.6 Å². The second kappa shape index (κ2) is 10.7. The van der Waals surface area contributed by atoms with Crippen LogP contribution >= 0.6 is 15.9 Å². The standard InChI is InChI=1S/C28H30BrNO4/c1-4-7-9-17(5-2)16-34-18-14-21(29)19-12-13-22(30-23(19)15-18)26-27(31)20-10-8-11-24(33-6-3)25(20)28(26)32/h8,10-15,17,26H,4-7,9,16H2,1-3H3. The molecular weight excluding hydrogens is 494 g/mol. The quantitative estimate of drug-likeness (QED) is 0.264. The molecule has 0 saturated carbocycles. The predicted octanol–water partition coefficient (Wildman–Crippen LogP) is 7.15. The summed E-state index contributed by atoms with van der Waals surface area (Å²) in [4.78, 5) is 31.2. The molecule has 6 heteroatoms. The number of rotatable bonds is 10. The molecule has 0 N–H and O–H groups in total. The molecular formula is C28H30BrNO4. The molecule has 0 saturated heterocycles. The molecule has 178 valence electrons. The number of fused-ring (bicyclic) bond motifs is 2. The third-order valence-corrected chi connectivity index (χ3v) is 7.09. The number of carbonyl (C=O) groups excluding carboxylic acids is 2. The number of pyridine rings is 1. The lowest BCUT2D eigenvalue weighted by molar-refractivity contribution is 0.0887. The average molecular weight is 524 g/mol. The van der Waals surface area contributed by atoms with Crippen LogP contribution in [0.25, 0.3) is 10.9 Å². The third kappa shape index (κ3) is 4.74. The van der Waals surface area contributed by atoms with E-state index in [4.69, 9.17) is 14.5 Å². The molecule has 0 fully saturated rings. The Morgan fingerprint density at radius 3 is 2.59 bits per heavy atom. The second-order valence-electron chi connectivity index (χ2n) is 8.71. The third-order valence-electron chi connectivity index (χ3n) is 6.44. The predicted molar refractivity (Wildman–Crippen MR) is 137 cm³/mol. The highest BCUT2D eigenvalue weighted by molar-refractivity contribution is 9.10. The van der Waals surface area contributed by atoms with Gasteiger partial charge < -0.3 is 9.47 Å². The van der Waals surface area contributed by atoms with E-state index >= 15 is 0 Å². The number of nitrogens with zero attached hydrogens (tertiary/aromatic N) is 1. The molecule has 2 unspecified atom stereocenters. The van der Waals surface area contributed by atoms with Crippen LogP contribution in [-0.4, -0.2) is 29.8 Å². The summed E-state index contributed by atoms with van der Waals surface area (Å²) in [6.07, 6.45) is 4.61. The first-order valence-corrected chi connectivity index (χ1v) is 12.8. The summed E-state index contributed by atoms with van der Waals surface area (Å²) in [6, 6.07) is 12.7. The van der Waals surface area contributed by atoms with Crippen molar-refractivity contribution < 1.29 is 19.1 Å². The van der Waals surface area contributed by atoms with Gasteiger partial charge in [0.25, 0.3) is 0 Å². The van der Waals surface area contributed by atoms with Gasteiger partial charge in [-0.15, -0.1) is 0 Å². The van der Waals surface area contributed by atoms with Gasteiger partial charge in [0.15, 0.2) is 11.6 Å². The fourth-order valence-corrected chi connectivity index (χ4v) is 5.05. The van der Waals surface area contributed by atoms with E-state index in [0.717, 1.165) is 28.5 Å². The molecule has 1 aliphatic carbocycles. The molecule has 5 nitrogen and oxygen atoms in total. The topological polar surface area (TPSA) is 65.5 Å². The van der Waals surface area contributed by atoms with Crippen molar-refractivity contribution >= 4 is 38.4 Å². The summed E-state index contributed by atoms with van der Waals surface area (Å²) in [5.74, 6) is 0.243. The fraction of sp³-hybridized carbons (Fsp3) is 0.393. The zero-order valence-electron chi connectivity index (χ0n) is 19.9. The van der Waals surface area contributed by atoms with E-state index in [1.807, 2.05) is 25.1 Å². The Kier molecular flexibility index (Phi) is 7.67. The summed E-state index contributed by atoms with van der Waals surface area (Å²) < 4.78 is 12.6. The van der Waals surface area contributed by atoms with Crippen molar-refractivity contribution in [3.63, 3.8) is 0 Å². The molecule has 0 amide bonds. The van der Waals surface area contributed by atoms with Crippen molar-refractivity contribution in [1.29, 1.82) is 0 Å². The molecule has 0 aliphatic heterocycles. The van der Waals surface area contributed by atoms with Gasteiger partial charge in [-0.05, 0) is 59.5 Å². The molecule has 2 aromatic carbocycles. The number of unbranched alkanes of at least 4 members (excludes halogenated alkanes) is 1.